The van der Waals surface area contributed by atoms with Crippen LogP contribution in [0.5, 0.6) is 0 Å². The molecule has 2 heterocycles. The van der Waals surface area contributed by atoms with Gasteiger partial charge in [-0.3, -0.25) is 48.2 Å². The molecule has 18 heteroatoms. The molecule has 0 aromatic heterocycles. The summed E-state index contributed by atoms with van der Waals surface area (Å²) in [5, 5.41) is 16.7. The Morgan fingerprint density at radius 2 is 1.34 bits per heavy atom. The third-order valence-electron chi connectivity index (χ3n) is 7.13. The zero-order valence-corrected chi connectivity index (χ0v) is 28.4. The zero-order valence-electron chi connectivity index (χ0n) is 26.8. The standard InChI is InChI=1S/C29H45N5O11S2/c1-3-19(35)18-45-12-11-44-10-7-30-25(39)6-13-47-22-15-27(41)34(29(22)43)9-5-24(38)32-17-20(36)16-31-23(37)4-8-33-26(40)14-21(46-2)28(33)42/h20-22,36H,3-18H2,1-2H3,(H,30,39)(H,31,37)(H,32,38). The lowest BCUT2D eigenvalue weighted by Crippen LogP contribution is -2.42. The number of thioether (sulfide) groups is 2. The number of nitrogens with zero attached hydrogens (tertiary/aromatic N) is 2. The van der Waals surface area contributed by atoms with Gasteiger partial charge >= 0.3 is 0 Å². The quantitative estimate of drug-likeness (QED) is 0.0647. The highest BCUT2D eigenvalue weighted by atomic mass is 32.2. The number of ether oxygens (including phenoxy) is 2. The Kier molecular flexibility index (Phi) is 18.6. The van der Waals surface area contributed by atoms with Gasteiger partial charge < -0.3 is 30.5 Å². The molecule has 0 spiro atoms. The van der Waals surface area contributed by atoms with Crippen molar-refractivity contribution >= 4 is 70.7 Å². The second kappa shape index (κ2) is 21.7. The van der Waals surface area contributed by atoms with Crippen LogP contribution in [0.3, 0.4) is 0 Å². The first kappa shape index (κ1) is 40.1. The van der Waals surface area contributed by atoms with E-state index in [0.29, 0.717) is 25.3 Å². The maximum Gasteiger partial charge on any atom is 0.242 e. The molecule has 0 aliphatic carbocycles. The number of amides is 7. The highest BCUT2D eigenvalue weighted by molar-refractivity contribution is 8.00. The second-order valence-electron chi connectivity index (χ2n) is 10.7. The molecule has 0 saturated carbocycles. The molecule has 3 atom stereocenters. The molecule has 264 valence electrons. The van der Waals surface area contributed by atoms with E-state index in [4.69, 9.17) is 9.47 Å². The molecule has 2 rings (SSSR count). The van der Waals surface area contributed by atoms with Gasteiger partial charge in [-0.2, -0.15) is 11.8 Å². The molecular weight excluding hydrogens is 658 g/mol. The van der Waals surface area contributed by atoms with Crippen molar-refractivity contribution in [1.29, 1.82) is 0 Å². The molecule has 7 amide bonds. The van der Waals surface area contributed by atoms with Crippen LogP contribution in [0.25, 0.3) is 0 Å². The molecule has 0 aromatic carbocycles. The summed E-state index contributed by atoms with van der Waals surface area (Å²) < 4.78 is 10.5. The molecule has 0 aromatic rings. The minimum atomic E-state index is -1.11. The molecule has 4 N–H and O–H groups in total. The van der Waals surface area contributed by atoms with E-state index >= 15 is 0 Å². The number of aliphatic hydroxyl groups is 1. The van der Waals surface area contributed by atoms with Gasteiger partial charge in [0, 0.05) is 77.0 Å². The van der Waals surface area contributed by atoms with Crippen LogP contribution in [0.2, 0.25) is 0 Å². The van der Waals surface area contributed by atoms with Crippen LogP contribution in [0.1, 0.15) is 45.4 Å². The molecule has 2 saturated heterocycles. The Labute approximate surface area is 282 Å². The van der Waals surface area contributed by atoms with Crippen molar-refractivity contribution in [2.45, 2.75) is 62.1 Å². The summed E-state index contributed by atoms with van der Waals surface area (Å²) in [5.74, 6) is -2.32. The minimum Gasteiger partial charge on any atom is -0.389 e. The fourth-order valence-corrected chi connectivity index (χ4v) is 6.14. The van der Waals surface area contributed by atoms with Gasteiger partial charge in [-0.25, -0.2) is 0 Å². The molecular formula is C29H45N5O11S2. The average Bonchev–Trinajstić information content (AvgIpc) is 3.48. The lowest BCUT2D eigenvalue weighted by molar-refractivity contribution is -0.140. The first-order valence-electron chi connectivity index (χ1n) is 15.4. The van der Waals surface area contributed by atoms with E-state index in [0.717, 1.165) is 9.80 Å². The van der Waals surface area contributed by atoms with Crippen LogP contribution >= 0.6 is 23.5 Å². The Hall–Kier alpha value is -3.06. The van der Waals surface area contributed by atoms with Gasteiger partial charge in [0.15, 0.2) is 5.78 Å². The summed E-state index contributed by atoms with van der Waals surface area (Å²) in [7, 11) is 0. The maximum absolute atomic E-state index is 12.7. The number of hydrogen-bond donors (Lipinski definition) is 4. The van der Waals surface area contributed by atoms with Crippen molar-refractivity contribution in [1.82, 2.24) is 25.8 Å². The van der Waals surface area contributed by atoms with Gasteiger partial charge in [0.05, 0.1) is 36.4 Å². The van der Waals surface area contributed by atoms with Gasteiger partial charge in [0.2, 0.25) is 41.4 Å². The average molecular weight is 704 g/mol. The Morgan fingerprint density at radius 3 is 1.89 bits per heavy atom. The minimum absolute atomic E-state index is 0.0149. The predicted octanol–water partition coefficient (Wildman–Crippen LogP) is -1.77. The Morgan fingerprint density at radius 1 is 0.809 bits per heavy atom. The van der Waals surface area contributed by atoms with Gasteiger partial charge in [-0.1, -0.05) is 6.92 Å². The van der Waals surface area contributed by atoms with Crippen LogP contribution in [0.4, 0.5) is 0 Å². The molecule has 2 aliphatic rings. The topological polar surface area (TPSA) is 218 Å². The summed E-state index contributed by atoms with van der Waals surface area (Å²) in [6.45, 7) is 2.46. The lowest BCUT2D eigenvalue weighted by atomic mass is 10.3. The highest BCUT2D eigenvalue weighted by Crippen LogP contribution is 2.26. The molecule has 47 heavy (non-hydrogen) atoms. The Bertz CT molecular complexity index is 1140. The molecule has 3 unspecified atom stereocenters. The number of carbonyl (C=O) groups excluding carboxylic acids is 8. The van der Waals surface area contributed by atoms with E-state index in [-0.39, 0.29) is 102 Å². The smallest absolute Gasteiger partial charge is 0.242 e. The summed E-state index contributed by atoms with van der Waals surface area (Å²) in [4.78, 5) is 98.7. The van der Waals surface area contributed by atoms with Crippen molar-refractivity contribution in [2.24, 2.45) is 0 Å². The van der Waals surface area contributed by atoms with Crippen molar-refractivity contribution in [3.63, 3.8) is 0 Å². The number of rotatable bonds is 24. The van der Waals surface area contributed by atoms with Gasteiger partial charge in [0.1, 0.15) is 6.61 Å². The van der Waals surface area contributed by atoms with Crippen LogP contribution in [0, 0.1) is 0 Å². The molecule has 0 bridgehead atoms. The second-order valence-corrected chi connectivity index (χ2v) is 13.0. The number of likely N-dealkylation sites (tertiary alicyclic amines) is 2. The van der Waals surface area contributed by atoms with E-state index in [1.165, 1.54) is 23.5 Å². The molecule has 16 nitrogen and oxygen atoms in total. The zero-order chi connectivity index (χ0) is 34.8. The number of imide groups is 2. The number of carbonyl (C=O) groups is 8. The van der Waals surface area contributed by atoms with Gasteiger partial charge in [0.25, 0.3) is 0 Å². The number of ketones is 1. The van der Waals surface area contributed by atoms with Crippen molar-refractivity contribution in [2.75, 3.05) is 71.2 Å². The molecule has 2 fully saturated rings. The third-order valence-corrected chi connectivity index (χ3v) is 9.28. The number of aliphatic hydroxyl groups excluding tert-OH is 1. The lowest BCUT2D eigenvalue weighted by Gasteiger charge is -2.17. The van der Waals surface area contributed by atoms with E-state index in [1.807, 2.05) is 0 Å². The number of hydrogen-bond acceptors (Lipinski definition) is 13. The first-order valence-corrected chi connectivity index (χ1v) is 17.8. The van der Waals surface area contributed by atoms with Crippen LogP contribution in [-0.2, 0) is 47.8 Å². The van der Waals surface area contributed by atoms with Crippen molar-refractivity contribution in [3.8, 4) is 0 Å². The van der Waals surface area contributed by atoms with Crippen LogP contribution in [-0.4, -0.2) is 150 Å². The van der Waals surface area contributed by atoms with E-state index in [9.17, 15) is 43.5 Å². The summed E-state index contributed by atoms with van der Waals surface area (Å²) in [6, 6.07) is 0. The molecule has 2 aliphatic heterocycles. The third kappa shape index (κ3) is 14.7. The fraction of sp³-hybridized carbons (Fsp3) is 0.724. The Balaban J connectivity index is 1.53. The van der Waals surface area contributed by atoms with Gasteiger partial charge in [-0.05, 0) is 6.26 Å². The van der Waals surface area contributed by atoms with Gasteiger partial charge in [-0.15, -0.1) is 11.8 Å². The maximum atomic E-state index is 12.7. The van der Waals surface area contributed by atoms with E-state index in [1.54, 1.807) is 13.2 Å². The van der Waals surface area contributed by atoms with E-state index in [2.05, 4.69) is 16.0 Å². The largest absolute Gasteiger partial charge is 0.389 e. The predicted molar refractivity (Wildman–Crippen MR) is 172 cm³/mol. The SMILES string of the molecule is CCC(=O)COCCOCCNC(=O)CCSC1CC(=O)N(CCC(=O)NCC(O)CNC(=O)CCN2C(=O)CC(SC)C2=O)C1=O. The highest BCUT2D eigenvalue weighted by Gasteiger charge is 2.39. The normalized spacial score (nSPS) is 18.5. The fourth-order valence-electron chi connectivity index (χ4n) is 4.38. The summed E-state index contributed by atoms with van der Waals surface area (Å²) in [6.07, 6.45) is 1.00. The number of Topliss-reactive ketones (excluding diaryl/α,β-unsaturated/α-hetero) is 1. The summed E-state index contributed by atoms with van der Waals surface area (Å²) >= 11 is 2.48. The summed E-state index contributed by atoms with van der Waals surface area (Å²) in [5.41, 5.74) is 0. The van der Waals surface area contributed by atoms with E-state index < -0.39 is 40.2 Å². The van der Waals surface area contributed by atoms with Crippen LogP contribution in [0.15, 0.2) is 0 Å². The first-order chi connectivity index (χ1) is 22.5. The van der Waals surface area contributed by atoms with Crippen molar-refractivity contribution < 1.29 is 52.9 Å². The molecule has 0 radical (unpaired) electrons. The van der Waals surface area contributed by atoms with Crippen LogP contribution < -0.4 is 16.0 Å². The van der Waals surface area contributed by atoms with Crippen molar-refractivity contribution in [3.05, 3.63) is 0 Å². The number of nitrogens with one attached hydrogen (secondary N) is 3. The monoisotopic (exact) mass is 703 g/mol.